The number of rotatable bonds is 5. The van der Waals surface area contributed by atoms with Crippen molar-refractivity contribution in [3.05, 3.63) is 82.6 Å². The Hall–Kier alpha value is -3.38. The van der Waals surface area contributed by atoms with Gasteiger partial charge in [0, 0.05) is 49.0 Å². The number of nitrogens with zero attached hydrogens (tertiary/aromatic N) is 4. The number of carbonyl (C=O) groups excluding carboxylic acids is 1. The number of benzene rings is 2. The van der Waals surface area contributed by atoms with E-state index in [0.29, 0.717) is 37.0 Å². The Bertz CT molecular complexity index is 1120. The summed E-state index contributed by atoms with van der Waals surface area (Å²) in [7, 11) is 0. The SMILES string of the molecule is Cc1ccc(Nc2cc(N3CCN(C(=O)/C=C/c4ccccc4Cl)CC3)nc(C)n2)cc1. The van der Waals surface area contributed by atoms with Gasteiger partial charge in [0.05, 0.1) is 0 Å². The summed E-state index contributed by atoms with van der Waals surface area (Å²) in [6.07, 6.45) is 3.36. The van der Waals surface area contributed by atoms with Gasteiger partial charge in [-0.3, -0.25) is 4.79 Å². The first-order valence-electron chi connectivity index (χ1n) is 10.6. The van der Waals surface area contributed by atoms with Gasteiger partial charge in [-0.2, -0.15) is 0 Å². The van der Waals surface area contributed by atoms with Crippen molar-refractivity contribution in [3.63, 3.8) is 0 Å². The summed E-state index contributed by atoms with van der Waals surface area (Å²) in [5.41, 5.74) is 3.04. The van der Waals surface area contributed by atoms with Crippen LogP contribution in [0.2, 0.25) is 5.02 Å². The summed E-state index contributed by atoms with van der Waals surface area (Å²) in [6.45, 7) is 6.65. The number of anilines is 3. The van der Waals surface area contributed by atoms with Crippen molar-refractivity contribution in [1.29, 1.82) is 0 Å². The summed E-state index contributed by atoms with van der Waals surface area (Å²) in [4.78, 5) is 25.8. The van der Waals surface area contributed by atoms with Crippen LogP contribution in [0.1, 0.15) is 17.0 Å². The Morgan fingerprint density at radius 1 is 1.00 bits per heavy atom. The largest absolute Gasteiger partial charge is 0.353 e. The molecule has 1 aromatic heterocycles. The summed E-state index contributed by atoms with van der Waals surface area (Å²) in [5, 5.41) is 3.99. The topological polar surface area (TPSA) is 61.4 Å². The van der Waals surface area contributed by atoms with Crippen molar-refractivity contribution in [3.8, 4) is 0 Å². The van der Waals surface area contributed by atoms with E-state index in [1.165, 1.54) is 5.56 Å². The number of halogens is 1. The smallest absolute Gasteiger partial charge is 0.246 e. The van der Waals surface area contributed by atoms with Gasteiger partial charge in [-0.1, -0.05) is 47.5 Å². The second-order valence-corrected chi connectivity index (χ2v) is 8.22. The second kappa shape index (κ2) is 9.83. The maximum Gasteiger partial charge on any atom is 0.246 e. The van der Waals surface area contributed by atoms with E-state index < -0.39 is 0 Å². The van der Waals surface area contributed by atoms with Gasteiger partial charge in [0.15, 0.2) is 0 Å². The molecule has 1 fully saturated rings. The zero-order valence-electron chi connectivity index (χ0n) is 18.3. The molecule has 164 valence electrons. The molecule has 1 aliphatic rings. The second-order valence-electron chi connectivity index (χ2n) is 7.82. The van der Waals surface area contributed by atoms with E-state index >= 15 is 0 Å². The number of aryl methyl sites for hydroxylation is 2. The van der Waals surface area contributed by atoms with Gasteiger partial charge >= 0.3 is 0 Å². The molecule has 1 aliphatic heterocycles. The first-order chi connectivity index (χ1) is 15.5. The standard InChI is InChI=1S/C25H26ClN5O/c1-18-7-10-21(11-8-18)29-23-17-24(28-19(2)27-23)30-13-15-31(16-14-30)25(32)12-9-20-5-3-4-6-22(20)26/h3-12,17H,13-16H2,1-2H3,(H,27,28,29)/b12-9+. The highest BCUT2D eigenvalue weighted by Gasteiger charge is 2.21. The Balaban J connectivity index is 1.38. The molecule has 0 spiro atoms. The molecule has 6 nitrogen and oxygen atoms in total. The van der Waals surface area contributed by atoms with Crippen LogP contribution in [0.15, 0.2) is 60.7 Å². The highest BCUT2D eigenvalue weighted by Crippen LogP contribution is 2.22. The van der Waals surface area contributed by atoms with Gasteiger partial charge < -0.3 is 15.1 Å². The fourth-order valence-corrected chi connectivity index (χ4v) is 3.79. The van der Waals surface area contributed by atoms with Crippen LogP contribution in [0.5, 0.6) is 0 Å². The number of hydrogen-bond acceptors (Lipinski definition) is 5. The highest BCUT2D eigenvalue weighted by atomic mass is 35.5. The molecule has 0 saturated carbocycles. The predicted molar refractivity (Wildman–Crippen MR) is 131 cm³/mol. The number of piperazine rings is 1. The molecule has 0 aliphatic carbocycles. The molecular formula is C25H26ClN5O. The third kappa shape index (κ3) is 5.45. The van der Waals surface area contributed by atoms with E-state index in [4.69, 9.17) is 11.6 Å². The minimum Gasteiger partial charge on any atom is -0.353 e. The number of amides is 1. The molecule has 1 N–H and O–H groups in total. The lowest BCUT2D eigenvalue weighted by Gasteiger charge is -2.35. The van der Waals surface area contributed by atoms with E-state index in [1.54, 1.807) is 12.2 Å². The third-order valence-corrected chi connectivity index (χ3v) is 5.72. The lowest BCUT2D eigenvalue weighted by Crippen LogP contribution is -2.48. The zero-order chi connectivity index (χ0) is 22.5. The minimum atomic E-state index is -0.00911. The van der Waals surface area contributed by atoms with Crippen LogP contribution >= 0.6 is 11.6 Å². The maximum atomic E-state index is 12.6. The Kier molecular flexibility index (Phi) is 6.71. The van der Waals surface area contributed by atoms with Crippen molar-refractivity contribution < 1.29 is 4.79 Å². The Labute approximate surface area is 193 Å². The van der Waals surface area contributed by atoms with Gasteiger partial charge in [-0.05, 0) is 43.7 Å². The Morgan fingerprint density at radius 2 is 1.72 bits per heavy atom. The van der Waals surface area contributed by atoms with Crippen molar-refractivity contribution in [2.24, 2.45) is 0 Å². The van der Waals surface area contributed by atoms with Gasteiger partial charge in [0.1, 0.15) is 17.5 Å². The molecule has 0 atom stereocenters. The molecule has 1 amide bonds. The number of hydrogen-bond donors (Lipinski definition) is 1. The molecule has 0 unspecified atom stereocenters. The fraction of sp³-hybridized carbons (Fsp3) is 0.240. The van der Waals surface area contributed by atoms with Crippen LogP contribution < -0.4 is 10.2 Å². The number of aromatic nitrogens is 2. The summed E-state index contributed by atoms with van der Waals surface area (Å²) in [5.74, 6) is 2.33. The van der Waals surface area contributed by atoms with E-state index in [9.17, 15) is 4.79 Å². The van der Waals surface area contributed by atoms with Crippen LogP contribution in [0.25, 0.3) is 6.08 Å². The van der Waals surface area contributed by atoms with Gasteiger partial charge in [-0.15, -0.1) is 0 Å². The predicted octanol–water partition coefficient (Wildman–Crippen LogP) is 4.85. The lowest BCUT2D eigenvalue weighted by molar-refractivity contribution is -0.126. The number of nitrogens with one attached hydrogen (secondary N) is 1. The van der Waals surface area contributed by atoms with Crippen LogP contribution in [0, 0.1) is 13.8 Å². The van der Waals surface area contributed by atoms with Gasteiger partial charge in [-0.25, -0.2) is 9.97 Å². The third-order valence-electron chi connectivity index (χ3n) is 5.37. The van der Waals surface area contributed by atoms with Crippen molar-refractivity contribution in [2.45, 2.75) is 13.8 Å². The van der Waals surface area contributed by atoms with Crippen molar-refractivity contribution in [2.75, 3.05) is 36.4 Å². The quantitative estimate of drug-likeness (QED) is 0.566. The minimum absolute atomic E-state index is 0.00911. The van der Waals surface area contributed by atoms with Crippen LogP contribution in [-0.2, 0) is 4.79 Å². The molecule has 0 radical (unpaired) electrons. The molecule has 1 saturated heterocycles. The molecule has 7 heteroatoms. The Morgan fingerprint density at radius 3 is 2.44 bits per heavy atom. The van der Waals surface area contributed by atoms with E-state index in [0.717, 1.165) is 22.9 Å². The van der Waals surface area contributed by atoms with Crippen LogP contribution in [0.4, 0.5) is 17.3 Å². The molecule has 0 bridgehead atoms. The van der Waals surface area contributed by atoms with E-state index in [2.05, 4.69) is 39.2 Å². The molecule has 3 aromatic rings. The molecule has 4 rings (SSSR count). The molecular weight excluding hydrogens is 422 g/mol. The molecule has 2 heterocycles. The fourth-order valence-electron chi connectivity index (χ4n) is 3.60. The lowest BCUT2D eigenvalue weighted by atomic mass is 10.2. The highest BCUT2D eigenvalue weighted by molar-refractivity contribution is 6.32. The summed E-state index contributed by atoms with van der Waals surface area (Å²) < 4.78 is 0. The normalized spacial score (nSPS) is 14.1. The molecule has 2 aromatic carbocycles. The summed E-state index contributed by atoms with van der Waals surface area (Å²) >= 11 is 6.16. The molecule has 32 heavy (non-hydrogen) atoms. The zero-order valence-corrected chi connectivity index (χ0v) is 19.0. The first-order valence-corrected chi connectivity index (χ1v) is 11.0. The monoisotopic (exact) mass is 447 g/mol. The van der Waals surface area contributed by atoms with Crippen LogP contribution in [-0.4, -0.2) is 47.0 Å². The van der Waals surface area contributed by atoms with Gasteiger partial charge in [0.2, 0.25) is 5.91 Å². The summed E-state index contributed by atoms with van der Waals surface area (Å²) in [6, 6.07) is 17.6. The van der Waals surface area contributed by atoms with E-state index in [1.807, 2.05) is 54.3 Å². The van der Waals surface area contributed by atoms with Crippen molar-refractivity contribution in [1.82, 2.24) is 14.9 Å². The average Bonchev–Trinajstić information content (AvgIpc) is 2.79. The maximum absolute atomic E-state index is 12.6. The average molecular weight is 448 g/mol. The van der Waals surface area contributed by atoms with Crippen molar-refractivity contribution >= 4 is 40.9 Å². The van der Waals surface area contributed by atoms with Gasteiger partial charge in [0.25, 0.3) is 0 Å². The number of carbonyl (C=O) groups is 1. The van der Waals surface area contributed by atoms with E-state index in [-0.39, 0.29) is 5.91 Å². The first kappa shape index (κ1) is 21.8. The van der Waals surface area contributed by atoms with Crippen LogP contribution in [0.3, 0.4) is 0 Å².